The Morgan fingerprint density at radius 3 is 2.59 bits per heavy atom. The van der Waals surface area contributed by atoms with E-state index in [0.717, 1.165) is 16.8 Å². The second-order valence-corrected chi connectivity index (χ2v) is 7.92. The predicted molar refractivity (Wildman–Crippen MR) is 105 cm³/mol. The van der Waals surface area contributed by atoms with Crippen LogP contribution >= 0.6 is 11.8 Å². The molecule has 0 aromatic heterocycles. The van der Waals surface area contributed by atoms with Gasteiger partial charge >= 0.3 is 0 Å². The second-order valence-electron chi connectivity index (χ2n) is 6.64. The van der Waals surface area contributed by atoms with Crippen molar-refractivity contribution in [3.63, 3.8) is 0 Å². The summed E-state index contributed by atoms with van der Waals surface area (Å²) in [4.78, 5) is 42.5. The van der Waals surface area contributed by atoms with Crippen molar-refractivity contribution < 1.29 is 19.1 Å². The second kappa shape index (κ2) is 8.67. The number of nitrogens with one attached hydrogen (secondary N) is 1. The Hall–Kier alpha value is -2.19. The molecule has 1 saturated heterocycles. The van der Waals surface area contributed by atoms with Crippen LogP contribution in [0.1, 0.15) is 24.0 Å². The molecule has 0 unspecified atom stereocenters. The van der Waals surface area contributed by atoms with Gasteiger partial charge in [0, 0.05) is 25.2 Å². The van der Waals surface area contributed by atoms with E-state index in [2.05, 4.69) is 10.3 Å². The first-order chi connectivity index (χ1) is 12.9. The number of ether oxygens (including phenoxy) is 1. The maximum absolute atomic E-state index is 12.4. The number of hydrogen-bond acceptors (Lipinski definition) is 5. The summed E-state index contributed by atoms with van der Waals surface area (Å²) in [6.07, 6.45) is 0.140. The highest BCUT2D eigenvalue weighted by Gasteiger charge is 2.32. The Balaban J connectivity index is 1.53. The van der Waals surface area contributed by atoms with Crippen LogP contribution in [-0.2, 0) is 19.1 Å². The summed E-state index contributed by atoms with van der Waals surface area (Å²) in [5, 5.41) is 2.81. The summed E-state index contributed by atoms with van der Waals surface area (Å²) < 4.78 is 5.24. The minimum Gasteiger partial charge on any atom is -0.378 e. The van der Waals surface area contributed by atoms with Gasteiger partial charge in [0.25, 0.3) is 5.91 Å². The monoisotopic (exact) mass is 389 g/mol. The summed E-state index contributed by atoms with van der Waals surface area (Å²) in [7, 11) is 0. The summed E-state index contributed by atoms with van der Waals surface area (Å²) >= 11 is 1.22. The Kier molecular flexibility index (Phi) is 6.28. The number of carbonyl (C=O) groups excluding carboxylic acids is 3. The highest BCUT2D eigenvalue weighted by Crippen LogP contribution is 2.28. The molecule has 1 aromatic rings. The molecule has 0 bridgehead atoms. The van der Waals surface area contributed by atoms with Gasteiger partial charge in [0.2, 0.25) is 11.8 Å². The summed E-state index contributed by atoms with van der Waals surface area (Å²) in [6, 6.07) is 5.79. The van der Waals surface area contributed by atoms with E-state index in [9.17, 15) is 14.4 Å². The lowest BCUT2D eigenvalue weighted by Gasteiger charge is -2.26. The fraction of sp³-hybridized carbons (Fsp3) is 0.474. The number of morpholine rings is 1. The minimum atomic E-state index is -0.568. The number of para-hydroxylation sites is 1. The largest absolute Gasteiger partial charge is 0.378 e. The Labute approximate surface area is 162 Å². The smallest absolute Gasteiger partial charge is 0.260 e. The molecule has 0 saturated carbocycles. The zero-order valence-electron chi connectivity index (χ0n) is 15.5. The normalized spacial score (nSPS) is 19.8. The molecular weight excluding hydrogens is 366 g/mol. The fourth-order valence-corrected chi connectivity index (χ4v) is 4.14. The summed E-state index contributed by atoms with van der Waals surface area (Å²) in [5.41, 5.74) is 2.73. The van der Waals surface area contributed by atoms with Gasteiger partial charge in [-0.15, -0.1) is 0 Å². The molecular formula is C19H23N3O4S. The summed E-state index contributed by atoms with van der Waals surface area (Å²) in [5.74, 6) is -0.631. The van der Waals surface area contributed by atoms with E-state index in [4.69, 9.17) is 4.74 Å². The van der Waals surface area contributed by atoms with E-state index in [0.29, 0.717) is 31.3 Å². The van der Waals surface area contributed by atoms with Crippen LogP contribution in [0, 0.1) is 13.8 Å². The van der Waals surface area contributed by atoms with E-state index in [-0.39, 0.29) is 30.6 Å². The minimum absolute atomic E-state index is 0.0377. The average Bonchev–Trinajstić information content (AvgIpc) is 2.98. The molecule has 2 aliphatic heterocycles. The molecule has 2 aliphatic rings. The number of amides is 3. The third-order valence-corrected chi connectivity index (χ3v) is 5.73. The molecule has 8 heteroatoms. The first-order valence-corrected chi connectivity index (χ1v) is 9.81. The number of nitrogens with zero attached hydrogens (tertiary/aromatic N) is 2. The van der Waals surface area contributed by atoms with Gasteiger partial charge in [-0.2, -0.15) is 0 Å². The van der Waals surface area contributed by atoms with E-state index in [1.807, 2.05) is 32.0 Å². The molecule has 1 aromatic carbocycles. The van der Waals surface area contributed by atoms with Crippen molar-refractivity contribution in [1.29, 1.82) is 0 Å². The SMILES string of the molecule is Cc1cccc(C)c1NC(=O)C[C@@H]1SC(CC(=O)N2CCOCC2)=NC1=O. The Morgan fingerprint density at radius 2 is 1.93 bits per heavy atom. The number of rotatable bonds is 5. The van der Waals surface area contributed by atoms with Gasteiger partial charge in [0.15, 0.2) is 0 Å². The Bertz CT molecular complexity index is 767. The van der Waals surface area contributed by atoms with Crippen LogP contribution in [0.5, 0.6) is 0 Å². The van der Waals surface area contributed by atoms with Crippen LogP contribution in [0.4, 0.5) is 5.69 Å². The lowest BCUT2D eigenvalue weighted by Crippen LogP contribution is -2.41. The van der Waals surface area contributed by atoms with Crippen LogP contribution in [0.2, 0.25) is 0 Å². The highest BCUT2D eigenvalue weighted by molar-refractivity contribution is 8.15. The molecule has 144 valence electrons. The topological polar surface area (TPSA) is 88.1 Å². The van der Waals surface area contributed by atoms with Gasteiger partial charge in [-0.1, -0.05) is 30.0 Å². The van der Waals surface area contributed by atoms with Gasteiger partial charge in [0.1, 0.15) is 5.25 Å². The number of thioether (sulfide) groups is 1. The van der Waals surface area contributed by atoms with E-state index in [1.165, 1.54) is 11.8 Å². The molecule has 1 atom stereocenters. The molecule has 3 amide bonds. The van der Waals surface area contributed by atoms with E-state index >= 15 is 0 Å². The number of aryl methyl sites for hydroxylation is 2. The molecule has 2 heterocycles. The van der Waals surface area contributed by atoms with Crippen LogP contribution in [0.3, 0.4) is 0 Å². The lowest BCUT2D eigenvalue weighted by atomic mass is 10.1. The van der Waals surface area contributed by atoms with Crippen LogP contribution in [0.15, 0.2) is 23.2 Å². The maximum Gasteiger partial charge on any atom is 0.260 e. The van der Waals surface area contributed by atoms with Crippen molar-refractivity contribution in [3.05, 3.63) is 29.3 Å². The highest BCUT2D eigenvalue weighted by atomic mass is 32.2. The van der Waals surface area contributed by atoms with Gasteiger partial charge < -0.3 is 15.0 Å². The third kappa shape index (κ3) is 4.95. The van der Waals surface area contributed by atoms with Crippen molar-refractivity contribution in [2.75, 3.05) is 31.6 Å². The van der Waals surface area contributed by atoms with Crippen molar-refractivity contribution in [1.82, 2.24) is 4.90 Å². The van der Waals surface area contributed by atoms with Crippen LogP contribution in [0.25, 0.3) is 0 Å². The molecule has 27 heavy (non-hydrogen) atoms. The van der Waals surface area contributed by atoms with Crippen LogP contribution in [-0.4, -0.2) is 59.2 Å². The van der Waals surface area contributed by atoms with Gasteiger partial charge in [0.05, 0.1) is 24.7 Å². The third-order valence-electron chi connectivity index (χ3n) is 4.57. The van der Waals surface area contributed by atoms with E-state index in [1.54, 1.807) is 4.90 Å². The maximum atomic E-state index is 12.4. The van der Waals surface area contributed by atoms with Crippen molar-refractivity contribution in [2.45, 2.75) is 31.9 Å². The first-order valence-electron chi connectivity index (χ1n) is 8.93. The summed E-state index contributed by atoms with van der Waals surface area (Å²) in [6.45, 7) is 6.04. The number of anilines is 1. The van der Waals surface area contributed by atoms with Crippen molar-refractivity contribution in [3.8, 4) is 0 Å². The zero-order valence-corrected chi connectivity index (χ0v) is 16.3. The number of hydrogen-bond donors (Lipinski definition) is 1. The quantitative estimate of drug-likeness (QED) is 0.831. The number of carbonyl (C=O) groups is 3. The van der Waals surface area contributed by atoms with Crippen LogP contribution < -0.4 is 5.32 Å². The van der Waals surface area contributed by atoms with Gasteiger partial charge in [-0.3, -0.25) is 14.4 Å². The average molecular weight is 389 g/mol. The standard InChI is InChI=1S/C19H23N3O4S/c1-12-4-3-5-13(2)18(12)20-15(23)10-14-19(25)21-16(27-14)11-17(24)22-6-8-26-9-7-22/h3-5,14H,6-11H2,1-2H3,(H,20,23)/t14-/m0/s1. The van der Waals surface area contributed by atoms with Crippen molar-refractivity contribution >= 4 is 40.2 Å². The molecule has 1 fully saturated rings. The molecule has 0 radical (unpaired) electrons. The lowest BCUT2D eigenvalue weighted by molar-refractivity contribution is -0.133. The molecule has 7 nitrogen and oxygen atoms in total. The predicted octanol–water partition coefficient (Wildman–Crippen LogP) is 1.92. The van der Waals surface area contributed by atoms with Crippen molar-refractivity contribution in [2.24, 2.45) is 4.99 Å². The van der Waals surface area contributed by atoms with E-state index < -0.39 is 5.25 Å². The van der Waals surface area contributed by atoms with Gasteiger partial charge in [-0.05, 0) is 25.0 Å². The Morgan fingerprint density at radius 1 is 1.26 bits per heavy atom. The number of benzene rings is 1. The molecule has 0 spiro atoms. The molecule has 3 rings (SSSR count). The first kappa shape index (κ1) is 19.6. The zero-order chi connectivity index (χ0) is 19.4. The molecule has 1 N–H and O–H groups in total. The fourth-order valence-electron chi connectivity index (χ4n) is 3.07. The molecule has 0 aliphatic carbocycles. The van der Waals surface area contributed by atoms with Gasteiger partial charge in [-0.25, -0.2) is 4.99 Å². The number of aliphatic imine (C=N–C) groups is 1.